The van der Waals surface area contributed by atoms with Crippen molar-refractivity contribution in [1.29, 1.82) is 0 Å². The van der Waals surface area contributed by atoms with E-state index < -0.39 is 5.95 Å². The van der Waals surface area contributed by atoms with Crippen LogP contribution in [0.25, 0.3) is 0 Å². The SMILES string of the molecule is Bc1cnc(F)c(Br)c1. The zero-order chi connectivity index (χ0) is 6.85. The van der Waals surface area contributed by atoms with Gasteiger partial charge in [-0.05, 0) is 22.0 Å². The Kier molecular flexibility index (Phi) is 1.85. The summed E-state index contributed by atoms with van der Waals surface area (Å²) in [7, 11) is 1.86. The molecule has 0 spiro atoms. The van der Waals surface area contributed by atoms with E-state index in [1.54, 1.807) is 6.07 Å². The van der Waals surface area contributed by atoms with Gasteiger partial charge in [0.2, 0.25) is 5.95 Å². The van der Waals surface area contributed by atoms with Crippen LogP contribution in [0.1, 0.15) is 0 Å². The minimum Gasteiger partial charge on any atom is -0.228 e. The first kappa shape index (κ1) is 6.74. The van der Waals surface area contributed by atoms with E-state index in [0.717, 1.165) is 5.46 Å². The summed E-state index contributed by atoms with van der Waals surface area (Å²) in [4.78, 5) is 3.46. The average Bonchev–Trinajstić information content (AvgIpc) is 1.80. The maximum Gasteiger partial charge on any atom is 0.227 e. The molecule has 0 aliphatic heterocycles. The highest BCUT2D eigenvalue weighted by Gasteiger charge is 1.96. The summed E-state index contributed by atoms with van der Waals surface area (Å²) >= 11 is 3.01. The van der Waals surface area contributed by atoms with Crippen LogP contribution >= 0.6 is 15.9 Å². The zero-order valence-electron chi connectivity index (χ0n) is 4.86. The van der Waals surface area contributed by atoms with Crippen LogP contribution in [-0.2, 0) is 0 Å². The second kappa shape index (κ2) is 2.48. The minimum absolute atomic E-state index is 0.419. The molecule has 0 saturated heterocycles. The molecule has 0 aliphatic rings. The van der Waals surface area contributed by atoms with Crippen molar-refractivity contribution in [3.05, 3.63) is 22.7 Å². The molecule has 1 rings (SSSR count). The molecule has 0 bridgehead atoms. The third kappa shape index (κ3) is 1.51. The Hall–Kier alpha value is -0.375. The fraction of sp³-hybridized carbons (Fsp3) is 0. The Bertz CT molecular complexity index is 228. The van der Waals surface area contributed by atoms with Gasteiger partial charge >= 0.3 is 0 Å². The first-order valence-electron chi connectivity index (χ1n) is 2.48. The molecule has 1 nitrogen and oxygen atoms in total. The van der Waals surface area contributed by atoms with Gasteiger partial charge in [-0.2, -0.15) is 4.39 Å². The van der Waals surface area contributed by atoms with Gasteiger partial charge in [0.05, 0.1) is 4.47 Å². The second-order valence-corrected chi connectivity index (χ2v) is 2.64. The monoisotopic (exact) mass is 187 g/mol. The molecular weight excluding hydrogens is 184 g/mol. The molecule has 0 amide bonds. The van der Waals surface area contributed by atoms with Gasteiger partial charge in [0.1, 0.15) is 7.85 Å². The molecule has 1 aromatic rings. The van der Waals surface area contributed by atoms with E-state index in [0.29, 0.717) is 4.47 Å². The predicted molar refractivity (Wildman–Crippen MR) is 40.1 cm³/mol. The maximum absolute atomic E-state index is 12.3. The molecule has 0 atom stereocenters. The Balaban J connectivity index is 3.17. The quantitative estimate of drug-likeness (QED) is 0.419. The molecular formula is C5H4BBrFN. The summed E-state index contributed by atoms with van der Waals surface area (Å²) in [6, 6.07) is 1.68. The van der Waals surface area contributed by atoms with Gasteiger partial charge in [0.15, 0.2) is 0 Å². The Morgan fingerprint density at radius 1 is 1.67 bits per heavy atom. The lowest BCUT2D eigenvalue weighted by Crippen LogP contribution is -2.03. The highest BCUT2D eigenvalue weighted by atomic mass is 79.9. The van der Waals surface area contributed by atoms with Crippen molar-refractivity contribution in [3.63, 3.8) is 0 Å². The van der Waals surface area contributed by atoms with Crippen molar-refractivity contribution < 1.29 is 4.39 Å². The van der Waals surface area contributed by atoms with Crippen molar-refractivity contribution >= 4 is 29.2 Å². The fourth-order valence-corrected chi connectivity index (χ4v) is 0.980. The van der Waals surface area contributed by atoms with Gasteiger partial charge in [0, 0.05) is 6.20 Å². The lowest BCUT2D eigenvalue weighted by Gasteiger charge is -1.92. The van der Waals surface area contributed by atoms with E-state index in [-0.39, 0.29) is 0 Å². The Morgan fingerprint density at radius 2 is 2.33 bits per heavy atom. The van der Waals surface area contributed by atoms with Crippen LogP contribution in [0.4, 0.5) is 4.39 Å². The van der Waals surface area contributed by atoms with Crippen LogP contribution in [0.5, 0.6) is 0 Å². The highest BCUT2D eigenvalue weighted by Crippen LogP contribution is 2.08. The van der Waals surface area contributed by atoms with Gasteiger partial charge in [0.25, 0.3) is 0 Å². The summed E-state index contributed by atoms with van der Waals surface area (Å²) in [5.74, 6) is -0.458. The molecule has 46 valence electrons. The number of hydrogen-bond acceptors (Lipinski definition) is 1. The van der Waals surface area contributed by atoms with Crippen molar-refractivity contribution in [3.8, 4) is 0 Å². The molecule has 9 heavy (non-hydrogen) atoms. The van der Waals surface area contributed by atoms with E-state index in [1.807, 2.05) is 7.85 Å². The minimum atomic E-state index is -0.458. The molecule has 0 N–H and O–H groups in total. The maximum atomic E-state index is 12.3. The first-order valence-corrected chi connectivity index (χ1v) is 3.27. The van der Waals surface area contributed by atoms with Crippen molar-refractivity contribution in [2.45, 2.75) is 0 Å². The first-order chi connectivity index (χ1) is 4.20. The lowest BCUT2D eigenvalue weighted by molar-refractivity contribution is 0.577. The third-order valence-corrected chi connectivity index (χ3v) is 1.49. The molecule has 0 saturated carbocycles. The average molecular weight is 188 g/mol. The van der Waals surface area contributed by atoms with Crippen LogP contribution in [0.3, 0.4) is 0 Å². The van der Waals surface area contributed by atoms with Gasteiger partial charge in [-0.25, -0.2) is 4.98 Å². The number of nitrogens with zero attached hydrogens (tertiary/aromatic N) is 1. The standard InChI is InChI=1S/C5H4BBrFN/c6-3-1-4(7)5(8)9-2-3/h1-2H,6H2. The van der Waals surface area contributed by atoms with Crippen molar-refractivity contribution in [1.82, 2.24) is 4.98 Å². The number of rotatable bonds is 0. The second-order valence-electron chi connectivity index (χ2n) is 1.79. The van der Waals surface area contributed by atoms with Crippen molar-refractivity contribution in [2.24, 2.45) is 0 Å². The summed E-state index contributed by atoms with van der Waals surface area (Å²) in [5.41, 5.74) is 0.947. The molecule has 1 aromatic heterocycles. The van der Waals surface area contributed by atoms with E-state index in [1.165, 1.54) is 6.20 Å². The van der Waals surface area contributed by atoms with Crippen LogP contribution < -0.4 is 5.46 Å². The van der Waals surface area contributed by atoms with E-state index in [4.69, 9.17) is 0 Å². The summed E-state index contributed by atoms with van der Waals surface area (Å²) in [5, 5.41) is 0. The Labute approximate surface area is 61.8 Å². The van der Waals surface area contributed by atoms with Crippen LogP contribution in [0, 0.1) is 5.95 Å². The number of halogens is 2. The zero-order valence-corrected chi connectivity index (χ0v) is 6.44. The largest absolute Gasteiger partial charge is 0.228 e. The van der Waals surface area contributed by atoms with Crippen LogP contribution in [0.15, 0.2) is 16.7 Å². The third-order valence-electron chi connectivity index (χ3n) is 0.933. The summed E-state index contributed by atoms with van der Waals surface area (Å²) in [6.07, 6.45) is 1.49. The molecule has 0 unspecified atom stereocenters. The summed E-state index contributed by atoms with van der Waals surface area (Å²) in [6.45, 7) is 0. The Morgan fingerprint density at radius 3 is 2.78 bits per heavy atom. The van der Waals surface area contributed by atoms with E-state index in [9.17, 15) is 4.39 Å². The van der Waals surface area contributed by atoms with E-state index >= 15 is 0 Å². The normalized spacial score (nSPS) is 9.56. The van der Waals surface area contributed by atoms with Gasteiger partial charge < -0.3 is 0 Å². The fourth-order valence-electron chi connectivity index (χ4n) is 0.517. The number of hydrogen-bond donors (Lipinski definition) is 0. The highest BCUT2D eigenvalue weighted by molar-refractivity contribution is 9.10. The van der Waals surface area contributed by atoms with Crippen molar-refractivity contribution in [2.75, 3.05) is 0 Å². The molecule has 0 fully saturated rings. The van der Waals surface area contributed by atoms with E-state index in [2.05, 4.69) is 20.9 Å². The van der Waals surface area contributed by atoms with Crippen LogP contribution in [0.2, 0.25) is 0 Å². The van der Waals surface area contributed by atoms with Crippen LogP contribution in [-0.4, -0.2) is 12.8 Å². The molecule has 1 heterocycles. The number of pyridine rings is 1. The topological polar surface area (TPSA) is 12.9 Å². The lowest BCUT2D eigenvalue weighted by atomic mass is 9.99. The molecule has 0 aromatic carbocycles. The summed E-state index contributed by atoms with van der Waals surface area (Å²) < 4.78 is 12.8. The molecule has 0 aliphatic carbocycles. The van der Waals surface area contributed by atoms with Gasteiger partial charge in [-0.15, -0.1) is 0 Å². The van der Waals surface area contributed by atoms with Gasteiger partial charge in [-0.1, -0.05) is 5.46 Å². The molecule has 4 heteroatoms. The smallest absolute Gasteiger partial charge is 0.227 e. The number of aromatic nitrogens is 1. The predicted octanol–water partition coefficient (Wildman–Crippen LogP) is 0.242. The molecule has 0 radical (unpaired) electrons. The van der Waals surface area contributed by atoms with Gasteiger partial charge in [-0.3, -0.25) is 0 Å².